The molecule has 17 heavy (non-hydrogen) atoms. The van der Waals surface area contributed by atoms with Crippen molar-refractivity contribution < 1.29 is 17.6 Å². The number of benzene rings is 1. The Balaban J connectivity index is 3.12. The summed E-state index contributed by atoms with van der Waals surface area (Å²) in [5, 5.41) is 0. The van der Waals surface area contributed by atoms with Gasteiger partial charge in [-0.05, 0) is 24.3 Å². The monoisotopic (exact) mass is 259 g/mol. The van der Waals surface area contributed by atoms with E-state index in [0.717, 1.165) is 0 Å². The molecule has 1 aromatic carbocycles. The molecule has 0 aromatic heterocycles. The highest BCUT2D eigenvalue weighted by molar-refractivity contribution is 7.89. The number of sulfonamides is 1. The van der Waals surface area contributed by atoms with Gasteiger partial charge >= 0.3 is 6.04 Å². The summed E-state index contributed by atoms with van der Waals surface area (Å²) in [6.07, 6.45) is 0. The summed E-state index contributed by atoms with van der Waals surface area (Å²) in [7, 11) is -3.54. The fraction of sp³-hybridized carbons (Fsp3) is 0.364. The zero-order valence-corrected chi connectivity index (χ0v) is 10.5. The first-order chi connectivity index (χ1) is 7.93. The van der Waals surface area contributed by atoms with Crippen molar-refractivity contribution in [1.29, 1.82) is 0 Å². The van der Waals surface area contributed by atoms with Crippen LogP contribution in [0.1, 0.15) is 24.2 Å². The maximum atomic E-state index is 12.4. The fourth-order valence-electron chi connectivity index (χ4n) is 1.47. The Bertz CT molecular complexity index is 492. The first-order valence-electron chi connectivity index (χ1n) is 5.23. The molecule has 1 rings (SSSR count). The van der Waals surface area contributed by atoms with Gasteiger partial charge in [0.15, 0.2) is 0 Å². The minimum Gasteiger partial charge on any atom is -0.255 e. The molecule has 0 heterocycles. The molecule has 0 fully saturated rings. The van der Waals surface area contributed by atoms with Gasteiger partial charge in [-0.15, -0.1) is 0 Å². The quantitative estimate of drug-likeness (QED) is 0.758. The third kappa shape index (κ3) is 2.89. The molecule has 0 bridgehead atoms. The molecule has 0 amide bonds. The number of carbonyl (C=O) groups excluding carboxylic acids is 1. The average Bonchev–Trinajstić information content (AvgIpc) is 2.30. The summed E-state index contributed by atoms with van der Waals surface area (Å²) in [6.45, 7) is 4.20. The smallest absolute Gasteiger partial charge is 0.255 e. The molecule has 4 nitrogen and oxygen atoms in total. The van der Waals surface area contributed by atoms with E-state index >= 15 is 0 Å². The van der Waals surface area contributed by atoms with Crippen LogP contribution < -0.4 is 0 Å². The maximum absolute atomic E-state index is 12.4. The minimum atomic E-state index is -3.54. The molecule has 0 aliphatic carbocycles. The van der Waals surface area contributed by atoms with Gasteiger partial charge in [-0.3, -0.25) is 4.79 Å². The van der Waals surface area contributed by atoms with Gasteiger partial charge in [-0.1, -0.05) is 13.8 Å². The van der Waals surface area contributed by atoms with Gasteiger partial charge in [0.1, 0.15) is 0 Å². The van der Waals surface area contributed by atoms with E-state index < -0.39 is 16.1 Å². The molecular formula is C11H14FNO3S. The molecule has 6 heteroatoms. The second-order valence-corrected chi connectivity index (χ2v) is 5.33. The number of rotatable bonds is 5. The lowest BCUT2D eigenvalue weighted by Gasteiger charge is -2.18. The Labute approximate surface area is 100 Å². The number of carbonyl (C=O) groups is 1. The molecule has 0 aliphatic rings. The maximum Gasteiger partial charge on any atom is 0.332 e. The van der Waals surface area contributed by atoms with Crippen LogP contribution in [0.2, 0.25) is 0 Å². The van der Waals surface area contributed by atoms with E-state index in [1.54, 1.807) is 13.8 Å². The van der Waals surface area contributed by atoms with E-state index in [1.807, 2.05) is 0 Å². The number of hydrogen-bond donors (Lipinski definition) is 0. The Hall–Kier alpha value is -1.27. The van der Waals surface area contributed by atoms with Gasteiger partial charge in [-0.2, -0.15) is 8.70 Å². The summed E-state index contributed by atoms with van der Waals surface area (Å²) >= 11 is 0. The van der Waals surface area contributed by atoms with Gasteiger partial charge in [0.05, 0.1) is 10.5 Å². The van der Waals surface area contributed by atoms with Crippen LogP contribution in [-0.2, 0) is 10.0 Å². The van der Waals surface area contributed by atoms with Crippen LogP contribution in [0.4, 0.5) is 4.39 Å². The van der Waals surface area contributed by atoms with Crippen molar-refractivity contribution in [2.75, 3.05) is 13.1 Å². The first kappa shape index (κ1) is 13.8. The van der Waals surface area contributed by atoms with E-state index in [-0.39, 0.29) is 10.5 Å². The largest absolute Gasteiger partial charge is 0.332 e. The van der Waals surface area contributed by atoms with Crippen molar-refractivity contribution in [3.05, 3.63) is 29.8 Å². The standard InChI is InChI=1S/C11H14FNO3S/c1-3-13(4-2)17(15,16)10-7-5-9(6-8-10)11(12)14/h5-8H,3-4H2,1-2H3. The number of hydrogen-bond acceptors (Lipinski definition) is 3. The van der Waals surface area contributed by atoms with Crippen molar-refractivity contribution in [3.8, 4) is 0 Å². The van der Waals surface area contributed by atoms with Crippen molar-refractivity contribution in [2.24, 2.45) is 0 Å². The van der Waals surface area contributed by atoms with Gasteiger partial charge in [0.2, 0.25) is 10.0 Å². The van der Waals surface area contributed by atoms with Crippen molar-refractivity contribution in [3.63, 3.8) is 0 Å². The summed E-state index contributed by atoms with van der Waals surface area (Å²) in [5.74, 6) is 0. The van der Waals surface area contributed by atoms with E-state index in [4.69, 9.17) is 0 Å². The lowest BCUT2D eigenvalue weighted by molar-refractivity contribution is 0.0836. The highest BCUT2D eigenvalue weighted by Gasteiger charge is 2.21. The predicted molar refractivity (Wildman–Crippen MR) is 62.0 cm³/mol. The third-order valence-corrected chi connectivity index (χ3v) is 4.49. The molecule has 0 saturated heterocycles. The van der Waals surface area contributed by atoms with Crippen LogP contribution in [-0.4, -0.2) is 31.8 Å². The fourth-order valence-corrected chi connectivity index (χ4v) is 2.93. The molecule has 0 aliphatic heterocycles. The first-order valence-corrected chi connectivity index (χ1v) is 6.67. The molecule has 1 aromatic rings. The highest BCUT2D eigenvalue weighted by atomic mass is 32.2. The van der Waals surface area contributed by atoms with Crippen LogP contribution in [0.25, 0.3) is 0 Å². The Morgan fingerprint density at radius 1 is 1.18 bits per heavy atom. The lowest BCUT2D eigenvalue weighted by Crippen LogP contribution is -2.30. The zero-order chi connectivity index (χ0) is 13.1. The van der Waals surface area contributed by atoms with Crippen molar-refractivity contribution in [1.82, 2.24) is 4.31 Å². The second kappa shape index (κ2) is 5.37. The van der Waals surface area contributed by atoms with E-state index in [0.29, 0.717) is 13.1 Å². The van der Waals surface area contributed by atoms with Crippen LogP contribution in [0.3, 0.4) is 0 Å². The van der Waals surface area contributed by atoms with E-state index in [9.17, 15) is 17.6 Å². The third-order valence-electron chi connectivity index (χ3n) is 2.42. The normalized spacial score (nSPS) is 11.8. The summed E-state index contributed by atoms with van der Waals surface area (Å²) in [6, 6.07) is 3.23. The minimum absolute atomic E-state index is 0.0613. The number of halogens is 1. The predicted octanol–water partition coefficient (Wildman–Crippen LogP) is 1.83. The molecule has 0 radical (unpaired) electrons. The van der Waals surface area contributed by atoms with Crippen molar-refractivity contribution in [2.45, 2.75) is 18.7 Å². The van der Waals surface area contributed by atoms with Crippen LogP contribution in [0, 0.1) is 0 Å². The van der Waals surface area contributed by atoms with Crippen LogP contribution >= 0.6 is 0 Å². The van der Waals surface area contributed by atoms with E-state index in [2.05, 4.69) is 0 Å². The van der Waals surface area contributed by atoms with Crippen molar-refractivity contribution >= 4 is 16.1 Å². The lowest BCUT2D eigenvalue weighted by atomic mass is 10.2. The summed E-state index contributed by atoms with van der Waals surface area (Å²) < 4.78 is 37.7. The molecule has 0 atom stereocenters. The molecule has 0 spiro atoms. The van der Waals surface area contributed by atoms with Gasteiger partial charge in [0, 0.05) is 13.1 Å². The molecule has 0 saturated carbocycles. The van der Waals surface area contributed by atoms with E-state index in [1.165, 1.54) is 28.6 Å². The Morgan fingerprint density at radius 2 is 1.65 bits per heavy atom. The Morgan fingerprint density at radius 3 is 2.00 bits per heavy atom. The average molecular weight is 259 g/mol. The molecule has 0 unspecified atom stereocenters. The highest BCUT2D eigenvalue weighted by Crippen LogP contribution is 2.16. The second-order valence-electron chi connectivity index (χ2n) is 3.39. The van der Waals surface area contributed by atoms with Gasteiger partial charge in [-0.25, -0.2) is 8.42 Å². The SMILES string of the molecule is CCN(CC)S(=O)(=O)c1ccc(C(=O)F)cc1. The zero-order valence-electron chi connectivity index (χ0n) is 9.68. The topological polar surface area (TPSA) is 54.5 Å². The molecule has 94 valence electrons. The van der Waals surface area contributed by atoms with Gasteiger partial charge in [0.25, 0.3) is 0 Å². The van der Waals surface area contributed by atoms with Gasteiger partial charge < -0.3 is 0 Å². The molecule has 0 N–H and O–H groups in total. The van der Waals surface area contributed by atoms with Crippen LogP contribution in [0.15, 0.2) is 29.2 Å². The van der Waals surface area contributed by atoms with Crippen LogP contribution in [0.5, 0.6) is 0 Å². The molecular weight excluding hydrogens is 245 g/mol. The Kier molecular flexibility index (Phi) is 4.36. The summed E-state index contributed by atoms with van der Waals surface area (Å²) in [4.78, 5) is 10.5. The number of nitrogens with zero attached hydrogens (tertiary/aromatic N) is 1. The summed E-state index contributed by atoms with van der Waals surface area (Å²) in [5.41, 5.74) is -0.150.